The van der Waals surface area contributed by atoms with Crippen molar-refractivity contribution in [3.63, 3.8) is 0 Å². The van der Waals surface area contributed by atoms with Crippen molar-refractivity contribution in [1.29, 1.82) is 5.26 Å². The minimum absolute atomic E-state index is 0.0572. The Bertz CT molecular complexity index is 999. The molecule has 0 spiro atoms. The van der Waals surface area contributed by atoms with Crippen LogP contribution in [0.1, 0.15) is 37.0 Å². The number of rotatable bonds is 7. The van der Waals surface area contributed by atoms with Crippen molar-refractivity contribution in [2.24, 2.45) is 5.92 Å². The fourth-order valence-corrected chi connectivity index (χ4v) is 3.08. The molecule has 1 unspecified atom stereocenters. The highest BCUT2D eigenvalue weighted by atomic mass is 19.4. The molecule has 1 heterocycles. The molecule has 164 valence electrons. The average molecular weight is 434 g/mol. The lowest BCUT2D eigenvalue weighted by Crippen LogP contribution is -2.39. The minimum atomic E-state index is -4.71. The zero-order chi connectivity index (χ0) is 22.6. The van der Waals surface area contributed by atoms with Crippen molar-refractivity contribution in [3.05, 3.63) is 53.1 Å². The summed E-state index contributed by atoms with van der Waals surface area (Å²) in [5.74, 6) is 0.678. The molecule has 0 saturated carbocycles. The molecule has 1 amide bonds. The van der Waals surface area contributed by atoms with Gasteiger partial charge in [0.05, 0.1) is 17.2 Å². The topological polar surface area (TPSA) is 80.6 Å². The van der Waals surface area contributed by atoms with Gasteiger partial charge in [-0.25, -0.2) is 0 Å². The number of alkyl halides is 3. The molecule has 0 aromatic heterocycles. The van der Waals surface area contributed by atoms with E-state index in [1.54, 1.807) is 18.2 Å². The van der Waals surface area contributed by atoms with Crippen LogP contribution in [-0.2, 0) is 17.5 Å². The number of benzene rings is 2. The zero-order valence-corrected chi connectivity index (χ0v) is 17.0. The number of nitriles is 1. The van der Waals surface area contributed by atoms with Gasteiger partial charge in [0, 0.05) is 6.54 Å². The van der Waals surface area contributed by atoms with Crippen LogP contribution in [0.2, 0.25) is 0 Å². The first-order chi connectivity index (χ1) is 14.7. The van der Waals surface area contributed by atoms with Gasteiger partial charge < -0.3 is 19.5 Å². The summed E-state index contributed by atoms with van der Waals surface area (Å²) in [6.07, 6.45) is -5.41. The number of halogens is 3. The molecule has 1 aliphatic heterocycles. The van der Waals surface area contributed by atoms with Gasteiger partial charge in [-0.15, -0.1) is 0 Å². The van der Waals surface area contributed by atoms with E-state index < -0.39 is 29.3 Å². The Morgan fingerprint density at radius 3 is 2.61 bits per heavy atom. The normalized spacial score (nSPS) is 13.6. The maximum absolute atomic E-state index is 13.2. The fraction of sp³-hybridized carbons (Fsp3) is 0.364. The molecular weight excluding hydrogens is 413 g/mol. The third-order valence-electron chi connectivity index (χ3n) is 4.58. The molecule has 9 heteroatoms. The first-order valence-electron chi connectivity index (χ1n) is 9.61. The summed E-state index contributed by atoms with van der Waals surface area (Å²) in [5, 5.41) is 11.7. The van der Waals surface area contributed by atoms with Gasteiger partial charge in [0.15, 0.2) is 17.6 Å². The van der Waals surface area contributed by atoms with Crippen LogP contribution >= 0.6 is 0 Å². The molecule has 2 aromatic rings. The summed E-state index contributed by atoms with van der Waals surface area (Å²) >= 11 is 0. The van der Waals surface area contributed by atoms with Crippen LogP contribution < -0.4 is 19.5 Å². The van der Waals surface area contributed by atoms with Gasteiger partial charge in [-0.1, -0.05) is 19.9 Å². The number of fused-ring (bicyclic) bond motifs is 1. The van der Waals surface area contributed by atoms with Gasteiger partial charge in [-0.2, -0.15) is 18.4 Å². The van der Waals surface area contributed by atoms with Gasteiger partial charge in [0.25, 0.3) is 5.91 Å². The molecule has 31 heavy (non-hydrogen) atoms. The highest BCUT2D eigenvalue weighted by Gasteiger charge is 2.34. The Morgan fingerprint density at radius 2 is 1.94 bits per heavy atom. The van der Waals surface area contributed by atoms with Gasteiger partial charge >= 0.3 is 6.18 Å². The molecule has 1 N–H and O–H groups in total. The lowest BCUT2D eigenvalue weighted by Gasteiger charge is -2.21. The van der Waals surface area contributed by atoms with Crippen LogP contribution in [0.25, 0.3) is 0 Å². The number of ether oxygens (including phenoxy) is 3. The first kappa shape index (κ1) is 22.3. The summed E-state index contributed by atoms with van der Waals surface area (Å²) in [4.78, 5) is 12.7. The largest absolute Gasteiger partial charge is 0.481 e. The molecule has 0 radical (unpaired) electrons. The predicted molar refractivity (Wildman–Crippen MR) is 104 cm³/mol. The number of carbonyl (C=O) groups excluding carboxylic acids is 1. The van der Waals surface area contributed by atoms with E-state index in [2.05, 4.69) is 5.32 Å². The molecular formula is C22H21F3N2O4. The van der Waals surface area contributed by atoms with Crippen molar-refractivity contribution < 1.29 is 32.2 Å². The molecule has 3 rings (SSSR count). The lowest BCUT2D eigenvalue weighted by atomic mass is 10.0. The summed E-state index contributed by atoms with van der Waals surface area (Å²) in [7, 11) is 0. The quantitative estimate of drug-likeness (QED) is 0.698. The van der Waals surface area contributed by atoms with Crippen LogP contribution in [0.4, 0.5) is 13.2 Å². The second-order valence-electron chi connectivity index (χ2n) is 7.46. The van der Waals surface area contributed by atoms with Gasteiger partial charge in [0.1, 0.15) is 5.75 Å². The number of amides is 1. The Hall–Kier alpha value is -3.41. The number of nitrogens with one attached hydrogen (secondary N) is 1. The van der Waals surface area contributed by atoms with Crippen LogP contribution in [0.5, 0.6) is 17.2 Å². The van der Waals surface area contributed by atoms with Crippen molar-refractivity contribution in [2.75, 3.05) is 6.79 Å². The Kier molecular flexibility index (Phi) is 6.59. The van der Waals surface area contributed by atoms with E-state index in [-0.39, 0.29) is 25.0 Å². The summed E-state index contributed by atoms with van der Waals surface area (Å²) < 4.78 is 55.8. The summed E-state index contributed by atoms with van der Waals surface area (Å²) in [6.45, 7) is 4.08. The molecule has 0 aliphatic carbocycles. The monoisotopic (exact) mass is 434 g/mol. The molecule has 0 bridgehead atoms. The first-order valence-corrected chi connectivity index (χ1v) is 9.61. The van der Waals surface area contributed by atoms with Crippen molar-refractivity contribution in [2.45, 2.75) is 39.1 Å². The standard InChI is InChI=1S/C22H21F3N2O4/c1-13(2)7-20(31-16-5-4-15(10-26)17(9-16)22(23,24)25)21(28)27-11-14-3-6-18-19(8-14)30-12-29-18/h3-6,8-9,13,20H,7,11-12H2,1-2H3,(H,27,28). The van der Waals surface area contributed by atoms with E-state index in [1.807, 2.05) is 13.8 Å². The maximum Gasteiger partial charge on any atom is 0.417 e. The number of nitrogens with zero attached hydrogens (tertiary/aromatic N) is 1. The second-order valence-corrected chi connectivity index (χ2v) is 7.46. The Morgan fingerprint density at radius 1 is 1.19 bits per heavy atom. The molecule has 6 nitrogen and oxygen atoms in total. The predicted octanol–water partition coefficient (Wildman–Crippen LogP) is 4.42. The van der Waals surface area contributed by atoms with Crippen LogP contribution in [0.3, 0.4) is 0 Å². The van der Waals surface area contributed by atoms with Crippen molar-refractivity contribution >= 4 is 5.91 Å². The van der Waals surface area contributed by atoms with Gasteiger partial charge in [-0.3, -0.25) is 4.79 Å². The number of carbonyl (C=O) groups is 1. The van der Waals surface area contributed by atoms with Crippen molar-refractivity contribution in [1.82, 2.24) is 5.32 Å². The molecule has 2 aromatic carbocycles. The fourth-order valence-electron chi connectivity index (χ4n) is 3.08. The van der Waals surface area contributed by atoms with E-state index >= 15 is 0 Å². The molecule has 0 fully saturated rings. The molecule has 1 atom stereocenters. The number of hydrogen-bond acceptors (Lipinski definition) is 5. The highest BCUT2D eigenvalue weighted by molar-refractivity contribution is 5.81. The highest BCUT2D eigenvalue weighted by Crippen LogP contribution is 2.35. The smallest absolute Gasteiger partial charge is 0.417 e. The van der Waals surface area contributed by atoms with Gasteiger partial charge in [0.2, 0.25) is 6.79 Å². The van der Waals surface area contributed by atoms with E-state index in [0.29, 0.717) is 17.9 Å². The zero-order valence-electron chi connectivity index (χ0n) is 17.0. The Labute approximate surface area is 177 Å². The molecule has 1 aliphatic rings. The minimum Gasteiger partial charge on any atom is -0.481 e. The number of hydrogen-bond donors (Lipinski definition) is 1. The summed E-state index contributed by atoms with van der Waals surface area (Å²) in [6, 6.07) is 9.82. The van der Waals surface area contributed by atoms with Gasteiger partial charge in [-0.05, 0) is 48.2 Å². The van der Waals surface area contributed by atoms with Crippen LogP contribution in [0, 0.1) is 17.2 Å². The van der Waals surface area contributed by atoms with E-state index in [9.17, 15) is 18.0 Å². The van der Waals surface area contributed by atoms with Crippen LogP contribution in [0.15, 0.2) is 36.4 Å². The molecule has 0 saturated heterocycles. The summed E-state index contributed by atoms with van der Waals surface area (Å²) in [5.41, 5.74) is -0.831. The lowest BCUT2D eigenvalue weighted by molar-refractivity contribution is -0.137. The van der Waals surface area contributed by atoms with Crippen LogP contribution in [-0.4, -0.2) is 18.8 Å². The third kappa shape index (κ3) is 5.60. The Balaban J connectivity index is 1.72. The van der Waals surface area contributed by atoms with E-state index in [1.165, 1.54) is 12.1 Å². The maximum atomic E-state index is 13.2. The van der Waals surface area contributed by atoms with E-state index in [4.69, 9.17) is 19.5 Å². The SMILES string of the molecule is CC(C)CC(Oc1ccc(C#N)c(C(F)(F)F)c1)C(=O)NCc1ccc2c(c1)OCO2. The van der Waals surface area contributed by atoms with Crippen molar-refractivity contribution in [3.8, 4) is 23.3 Å². The average Bonchev–Trinajstić information content (AvgIpc) is 3.18. The second kappa shape index (κ2) is 9.16. The third-order valence-corrected chi connectivity index (χ3v) is 4.58. The van der Waals surface area contributed by atoms with E-state index in [0.717, 1.165) is 17.7 Å².